The zero-order valence-corrected chi connectivity index (χ0v) is 22.4. The summed E-state index contributed by atoms with van der Waals surface area (Å²) in [5, 5.41) is 1.19. The molecule has 2 aromatic carbocycles. The van der Waals surface area contributed by atoms with E-state index in [2.05, 4.69) is 82.9 Å². The number of aryl methyl sites for hydroxylation is 2. The number of para-hydroxylation sites is 1. The van der Waals surface area contributed by atoms with Crippen LogP contribution >= 0.6 is 0 Å². The molecule has 2 fully saturated rings. The van der Waals surface area contributed by atoms with Gasteiger partial charge in [-0.2, -0.15) is 0 Å². The van der Waals surface area contributed by atoms with Gasteiger partial charge in [0.1, 0.15) is 5.69 Å². The Kier molecular flexibility index (Phi) is 7.78. The van der Waals surface area contributed by atoms with Gasteiger partial charge in [-0.3, -0.25) is 14.6 Å². The van der Waals surface area contributed by atoms with E-state index < -0.39 is 0 Å². The summed E-state index contributed by atoms with van der Waals surface area (Å²) >= 11 is 0. The lowest BCUT2D eigenvalue weighted by molar-refractivity contribution is 0.0628. The normalized spacial score (nSPS) is 18.2. The maximum absolute atomic E-state index is 13.7. The maximum atomic E-state index is 13.7. The summed E-state index contributed by atoms with van der Waals surface area (Å²) in [6.45, 7) is 14.5. The number of aromatic nitrogens is 1. The van der Waals surface area contributed by atoms with Gasteiger partial charge in [0.25, 0.3) is 5.91 Å². The van der Waals surface area contributed by atoms with Crippen LogP contribution in [-0.2, 0) is 6.54 Å². The summed E-state index contributed by atoms with van der Waals surface area (Å²) in [6.07, 6.45) is 4.81. The molecule has 36 heavy (non-hydrogen) atoms. The van der Waals surface area contributed by atoms with Crippen LogP contribution in [0.2, 0.25) is 0 Å². The average molecular weight is 487 g/mol. The Hall–Kier alpha value is -2.63. The molecule has 3 heterocycles. The molecule has 1 aromatic heterocycles. The van der Waals surface area contributed by atoms with Gasteiger partial charge in [-0.05, 0) is 81.4 Å². The number of carbonyl (C=O) groups excluding carboxylic acids is 1. The molecule has 2 aliphatic heterocycles. The van der Waals surface area contributed by atoms with Crippen molar-refractivity contribution in [2.75, 3.05) is 45.8 Å². The Morgan fingerprint density at radius 1 is 0.889 bits per heavy atom. The fraction of sp³-hybridized carbons (Fsp3) is 0.516. The lowest BCUT2D eigenvalue weighted by atomic mass is 9.84. The second-order valence-corrected chi connectivity index (χ2v) is 10.9. The Morgan fingerprint density at radius 3 is 2.28 bits per heavy atom. The first-order valence-electron chi connectivity index (χ1n) is 13.9. The molecular weight excluding hydrogens is 444 g/mol. The van der Waals surface area contributed by atoms with Crippen LogP contribution in [-0.4, -0.2) is 71.4 Å². The molecule has 2 saturated heterocycles. The first kappa shape index (κ1) is 25.0. The number of nitrogens with zero attached hydrogens (tertiary/aromatic N) is 3. The molecule has 3 aromatic rings. The second-order valence-electron chi connectivity index (χ2n) is 10.9. The molecule has 0 bridgehead atoms. The predicted molar refractivity (Wildman–Crippen MR) is 149 cm³/mol. The van der Waals surface area contributed by atoms with E-state index in [0.29, 0.717) is 5.92 Å². The molecule has 0 radical (unpaired) electrons. The van der Waals surface area contributed by atoms with Crippen molar-refractivity contribution in [3.05, 3.63) is 70.4 Å². The van der Waals surface area contributed by atoms with E-state index in [0.717, 1.165) is 63.6 Å². The Bertz CT molecular complexity index is 1160. The molecule has 192 valence electrons. The highest BCUT2D eigenvalue weighted by Gasteiger charge is 2.28. The van der Waals surface area contributed by atoms with Gasteiger partial charge in [-0.1, -0.05) is 49.7 Å². The van der Waals surface area contributed by atoms with Gasteiger partial charge in [0, 0.05) is 49.2 Å². The smallest absolute Gasteiger partial charge is 0.270 e. The highest BCUT2D eigenvalue weighted by Crippen LogP contribution is 2.34. The van der Waals surface area contributed by atoms with Crippen LogP contribution in [0.25, 0.3) is 10.9 Å². The number of nitrogens with one attached hydrogen (secondary N) is 1. The molecule has 0 atom stereocenters. The molecule has 5 heteroatoms. The van der Waals surface area contributed by atoms with Gasteiger partial charge in [0.2, 0.25) is 0 Å². The Labute approximate surface area is 216 Å². The van der Waals surface area contributed by atoms with Gasteiger partial charge < -0.3 is 9.88 Å². The summed E-state index contributed by atoms with van der Waals surface area (Å²) in [7, 11) is 0. The van der Waals surface area contributed by atoms with Crippen LogP contribution in [0.5, 0.6) is 0 Å². The molecule has 5 rings (SSSR count). The van der Waals surface area contributed by atoms with E-state index >= 15 is 0 Å². The van der Waals surface area contributed by atoms with Crippen LogP contribution in [0.4, 0.5) is 0 Å². The SMILES string of the molecule is CCCCN1CCN(C(=O)c2[nH]c3ccccc3c2CN2CCC(c3c(C)cccc3C)CC2)CC1. The van der Waals surface area contributed by atoms with Crippen LogP contribution in [0.3, 0.4) is 0 Å². The molecule has 0 spiro atoms. The van der Waals surface area contributed by atoms with E-state index in [4.69, 9.17) is 0 Å². The molecule has 1 amide bonds. The topological polar surface area (TPSA) is 42.6 Å². The molecule has 1 N–H and O–H groups in total. The van der Waals surface area contributed by atoms with Crippen molar-refractivity contribution in [3.8, 4) is 0 Å². The monoisotopic (exact) mass is 486 g/mol. The number of unbranched alkanes of at least 4 members (excludes halogenated alkanes) is 1. The number of piperidine rings is 1. The molecular formula is C31H42N4O. The standard InChI is InChI=1S/C31H42N4O/c1-4-5-15-33-18-20-35(21-19-33)31(36)30-27(26-11-6-7-12-28(26)32-30)22-34-16-13-25(14-17-34)29-23(2)9-8-10-24(29)3/h6-12,25,32H,4-5,13-22H2,1-3H3. The quantitative estimate of drug-likeness (QED) is 0.464. The van der Waals surface area contributed by atoms with Crippen LogP contribution in [0, 0.1) is 13.8 Å². The minimum absolute atomic E-state index is 0.168. The summed E-state index contributed by atoms with van der Waals surface area (Å²) in [5.74, 6) is 0.803. The van der Waals surface area contributed by atoms with E-state index in [9.17, 15) is 4.79 Å². The highest BCUT2D eigenvalue weighted by molar-refractivity contribution is 6.01. The van der Waals surface area contributed by atoms with E-state index in [1.54, 1.807) is 5.56 Å². The number of benzene rings is 2. The number of hydrogen-bond donors (Lipinski definition) is 1. The number of carbonyl (C=O) groups is 1. The second kappa shape index (κ2) is 11.2. The number of rotatable bonds is 7. The van der Waals surface area contributed by atoms with E-state index in [-0.39, 0.29) is 5.91 Å². The predicted octanol–water partition coefficient (Wildman–Crippen LogP) is 5.72. The average Bonchev–Trinajstić information content (AvgIpc) is 3.26. The third kappa shape index (κ3) is 5.23. The molecule has 0 unspecified atom stereocenters. The molecule has 0 aliphatic carbocycles. The number of H-pyrrole nitrogens is 1. The van der Waals surface area contributed by atoms with E-state index in [1.807, 2.05) is 0 Å². The lowest BCUT2D eigenvalue weighted by Crippen LogP contribution is -2.49. The third-order valence-corrected chi connectivity index (χ3v) is 8.43. The lowest BCUT2D eigenvalue weighted by Gasteiger charge is -2.35. The van der Waals surface area contributed by atoms with Crippen molar-refractivity contribution < 1.29 is 4.79 Å². The van der Waals surface area contributed by atoms with Crippen molar-refractivity contribution in [2.45, 2.75) is 58.9 Å². The van der Waals surface area contributed by atoms with E-state index in [1.165, 1.54) is 47.8 Å². The van der Waals surface area contributed by atoms with Crippen molar-refractivity contribution >= 4 is 16.8 Å². The largest absolute Gasteiger partial charge is 0.350 e. The Morgan fingerprint density at radius 2 is 1.58 bits per heavy atom. The zero-order chi connectivity index (χ0) is 25.1. The number of aromatic amines is 1. The summed E-state index contributed by atoms with van der Waals surface area (Å²) in [4.78, 5) is 24.4. The van der Waals surface area contributed by atoms with Gasteiger partial charge in [0.05, 0.1) is 0 Å². The van der Waals surface area contributed by atoms with Gasteiger partial charge in [0.15, 0.2) is 0 Å². The summed E-state index contributed by atoms with van der Waals surface area (Å²) < 4.78 is 0. The summed E-state index contributed by atoms with van der Waals surface area (Å²) in [6, 6.07) is 15.1. The number of fused-ring (bicyclic) bond motifs is 1. The number of amides is 1. The minimum atomic E-state index is 0.168. The number of hydrogen-bond acceptors (Lipinski definition) is 3. The van der Waals surface area contributed by atoms with Crippen LogP contribution in [0.1, 0.15) is 71.3 Å². The van der Waals surface area contributed by atoms with Gasteiger partial charge >= 0.3 is 0 Å². The molecule has 2 aliphatic rings. The van der Waals surface area contributed by atoms with Crippen molar-refractivity contribution in [2.24, 2.45) is 0 Å². The highest BCUT2D eigenvalue weighted by atomic mass is 16.2. The fourth-order valence-corrected chi connectivity index (χ4v) is 6.34. The van der Waals surface area contributed by atoms with Crippen LogP contribution < -0.4 is 0 Å². The Balaban J connectivity index is 1.30. The maximum Gasteiger partial charge on any atom is 0.270 e. The first-order chi connectivity index (χ1) is 17.5. The van der Waals surface area contributed by atoms with Gasteiger partial charge in [-0.25, -0.2) is 0 Å². The number of likely N-dealkylation sites (tertiary alicyclic amines) is 1. The number of piperazine rings is 1. The summed E-state index contributed by atoms with van der Waals surface area (Å²) in [5.41, 5.74) is 7.45. The zero-order valence-electron chi connectivity index (χ0n) is 22.4. The van der Waals surface area contributed by atoms with Crippen LogP contribution in [0.15, 0.2) is 42.5 Å². The van der Waals surface area contributed by atoms with Crippen molar-refractivity contribution in [1.82, 2.24) is 19.7 Å². The fourth-order valence-electron chi connectivity index (χ4n) is 6.34. The molecule has 5 nitrogen and oxygen atoms in total. The minimum Gasteiger partial charge on any atom is -0.350 e. The van der Waals surface area contributed by atoms with Crippen molar-refractivity contribution in [3.63, 3.8) is 0 Å². The van der Waals surface area contributed by atoms with Gasteiger partial charge in [-0.15, -0.1) is 0 Å². The molecule has 0 saturated carbocycles. The van der Waals surface area contributed by atoms with Crippen molar-refractivity contribution in [1.29, 1.82) is 0 Å². The first-order valence-corrected chi connectivity index (χ1v) is 13.9. The third-order valence-electron chi connectivity index (χ3n) is 8.43.